The normalized spacial score (nSPS) is 15.4. The standard InChI is InChI=1S/C19H25N3O3S2/c1-27(24,25)22-16-10-8-15(9-11-16)17-13-26-19(20-17)21-18(23)12-7-14-5-3-2-4-6-14/h8-11,13-14,22H,2-7,12H2,1H3,(H,20,21,23). The second-order valence-corrected chi connectivity index (χ2v) is 9.69. The lowest BCUT2D eigenvalue weighted by Gasteiger charge is -2.20. The van der Waals surface area contributed by atoms with Crippen molar-refractivity contribution in [2.24, 2.45) is 5.92 Å². The predicted octanol–water partition coefficient (Wildman–Crippen LogP) is 4.48. The van der Waals surface area contributed by atoms with Crippen LogP contribution >= 0.6 is 11.3 Å². The summed E-state index contributed by atoms with van der Waals surface area (Å²) in [5.74, 6) is 0.713. The molecule has 0 atom stereocenters. The van der Waals surface area contributed by atoms with Crippen molar-refractivity contribution in [3.8, 4) is 11.3 Å². The minimum absolute atomic E-state index is 0.0224. The van der Waals surface area contributed by atoms with Gasteiger partial charge in [-0.25, -0.2) is 13.4 Å². The average molecular weight is 408 g/mol. The van der Waals surface area contributed by atoms with Gasteiger partial charge >= 0.3 is 0 Å². The number of sulfonamides is 1. The quantitative estimate of drug-likeness (QED) is 0.708. The fourth-order valence-corrected chi connectivity index (χ4v) is 4.68. The van der Waals surface area contributed by atoms with E-state index in [2.05, 4.69) is 15.0 Å². The van der Waals surface area contributed by atoms with E-state index >= 15 is 0 Å². The molecule has 1 fully saturated rings. The summed E-state index contributed by atoms with van der Waals surface area (Å²) in [4.78, 5) is 16.6. The van der Waals surface area contributed by atoms with Crippen molar-refractivity contribution in [2.75, 3.05) is 16.3 Å². The van der Waals surface area contributed by atoms with E-state index in [-0.39, 0.29) is 5.91 Å². The van der Waals surface area contributed by atoms with Gasteiger partial charge in [0.15, 0.2) is 5.13 Å². The highest BCUT2D eigenvalue weighted by molar-refractivity contribution is 7.92. The van der Waals surface area contributed by atoms with Crippen LogP contribution in [-0.2, 0) is 14.8 Å². The van der Waals surface area contributed by atoms with Crippen LogP contribution in [0.4, 0.5) is 10.8 Å². The first-order valence-corrected chi connectivity index (χ1v) is 12.0. The maximum atomic E-state index is 12.2. The van der Waals surface area contributed by atoms with Crippen molar-refractivity contribution >= 4 is 38.1 Å². The summed E-state index contributed by atoms with van der Waals surface area (Å²) >= 11 is 1.39. The number of carbonyl (C=O) groups excluding carboxylic acids is 1. The first kappa shape index (κ1) is 19.8. The van der Waals surface area contributed by atoms with Gasteiger partial charge in [0.05, 0.1) is 11.9 Å². The molecule has 1 heterocycles. The van der Waals surface area contributed by atoms with Crippen molar-refractivity contribution in [2.45, 2.75) is 44.9 Å². The van der Waals surface area contributed by atoms with E-state index in [1.165, 1.54) is 43.4 Å². The van der Waals surface area contributed by atoms with Crippen molar-refractivity contribution in [3.05, 3.63) is 29.6 Å². The van der Waals surface area contributed by atoms with Crippen molar-refractivity contribution in [1.29, 1.82) is 0 Å². The Morgan fingerprint density at radius 3 is 2.56 bits per heavy atom. The number of benzene rings is 1. The third-order valence-corrected chi connectivity index (χ3v) is 6.10. The van der Waals surface area contributed by atoms with Crippen molar-refractivity contribution < 1.29 is 13.2 Å². The second-order valence-electron chi connectivity index (χ2n) is 7.08. The van der Waals surface area contributed by atoms with Crippen LogP contribution in [0.2, 0.25) is 0 Å². The van der Waals surface area contributed by atoms with E-state index < -0.39 is 10.0 Å². The molecule has 1 aromatic heterocycles. The fraction of sp³-hybridized carbons (Fsp3) is 0.474. The molecule has 0 unspecified atom stereocenters. The van der Waals surface area contributed by atoms with Gasteiger partial charge in [0.1, 0.15) is 0 Å². The fourth-order valence-electron chi connectivity index (χ4n) is 3.38. The molecule has 2 aromatic rings. The highest BCUT2D eigenvalue weighted by atomic mass is 32.2. The Balaban J connectivity index is 1.53. The van der Waals surface area contributed by atoms with Crippen LogP contribution in [0.1, 0.15) is 44.9 Å². The minimum Gasteiger partial charge on any atom is -0.302 e. The topological polar surface area (TPSA) is 88.2 Å². The van der Waals surface area contributed by atoms with Gasteiger partial charge in [0, 0.05) is 23.1 Å². The molecule has 0 bridgehead atoms. The molecule has 0 radical (unpaired) electrons. The number of amides is 1. The molecule has 0 aliphatic heterocycles. The molecule has 1 aromatic carbocycles. The maximum Gasteiger partial charge on any atom is 0.229 e. The Bertz CT molecular complexity index is 870. The summed E-state index contributed by atoms with van der Waals surface area (Å²) in [5.41, 5.74) is 2.13. The van der Waals surface area contributed by atoms with Gasteiger partial charge < -0.3 is 5.32 Å². The zero-order chi connectivity index (χ0) is 19.3. The number of hydrogen-bond acceptors (Lipinski definition) is 5. The smallest absolute Gasteiger partial charge is 0.229 e. The zero-order valence-corrected chi connectivity index (χ0v) is 17.0. The van der Waals surface area contributed by atoms with Crippen LogP contribution in [0.3, 0.4) is 0 Å². The van der Waals surface area contributed by atoms with E-state index in [9.17, 15) is 13.2 Å². The molecule has 3 rings (SSSR count). The largest absolute Gasteiger partial charge is 0.302 e. The lowest BCUT2D eigenvalue weighted by atomic mass is 9.86. The summed E-state index contributed by atoms with van der Waals surface area (Å²) in [6, 6.07) is 6.99. The number of nitrogens with zero attached hydrogens (tertiary/aromatic N) is 1. The number of aromatic nitrogens is 1. The summed E-state index contributed by atoms with van der Waals surface area (Å²) in [6.45, 7) is 0. The van der Waals surface area contributed by atoms with Crippen LogP contribution < -0.4 is 10.0 Å². The van der Waals surface area contributed by atoms with E-state index in [4.69, 9.17) is 0 Å². The number of rotatable bonds is 7. The van der Waals surface area contributed by atoms with E-state index in [0.717, 1.165) is 23.9 Å². The first-order chi connectivity index (χ1) is 12.9. The molecule has 1 aliphatic rings. The summed E-state index contributed by atoms with van der Waals surface area (Å²) in [6.07, 6.45) is 9.03. The molecule has 1 amide bonds. The van der Waals surface area contributed by atoms with E-state index in [0.29, 0.717) is 23.2 Å². The summed E-state index contributed by atoms with van der Waals surface area (Å²) in [5, 5.41) is 5.37. The third kappa shape index (κ3) is 6.32. The molecule has 6 nitrogen and oxygen atoms in total. The molecular weight excluding hydrogens is 382 g/mol. The molecule has 0 saturated heterocycles. The molecule has 8 heteroatoms. The van der Waals surface area contributed by atoms with Gasteiger partial charge in [-0.05, 0) is 24.5 Å². The van der Waals surface area contributed by atoms with Crippen LogP contribution in [-0.4, -0.2) is 25.6 Å². The Kier molecular flexibility index (Phi) is 6.49. The lowest BCUT2D eigenvalue weighted by Crippen LogP contribution is -2.14. The van der Waals surface area contributed by atoms with Gasteiger partial charge in [-0.15, -0.1) is 11.3 Å². The number of hydrogen-bond donors (Lipinski definition) is 2. The maximum absolute atomic E-state index is 12.2. The van der Waals surface area contributed by atoms with Gasteiger partial charge in [0.25, 0.3) is 0 Å². The Morgan fingerprint density at radius 2 is 1.89 bits per heavy atom. The number of nitrogens with one attached hydrogen (secondary N) is 2. The average Bonchev–Trinajstić information content (AvgIpc) is 3.08. The number of anilines is 2. The minimum atomic E-state index is -3.29. The first-order valence-electron chi connectivity index (χ1n) is 9.23. The zero-order valence-electron chi connectivity index (χ0n) is 15.4. The van der Waals surface area contributed by atoms with Gasteiger partial charge in [-0.1, -0.05) is 44.2 Å². The predicted molar refractivity (Wildman–Crippen MR) is 110 cm³/mol. The van der Waals surface area contributed by atoms with Gasteiger partial charge in [0.2, 0.25) is 15.9 Å². The van der Waals surface area contributed by atoms with Crippen LogP contribution in [0.25, 0.3) is 11.3 Å². The lowest BCUT2D eigenvalue weighted by molar-refractivity contribution is -0.116. The van der Waals surface area contributed by atoms with Crippen LogP contribution in [0.5, 0.6) is 0 Å². The van der Waals surface area contributed by atoms with Gasteiger partial charge in [-0.2, -0.15) is 0 Å². The van der Waals surface area contributed by atoms with E-state index in [1.807, 2.05) is 5.38 Å². The van der Waals surface area contributed by atoms with Crippen LogP contribution in [0.15, 0.2) is 29.6 Å². The second kappa shape index (κ2) is 8.84. The number of carbonyl (C=O) groups is 1. The Hall–Kier alpha value is -1.93. The molecule has 2 N–H and O–H groups in total. The monoisotopic (exact) mass is 407 g/mol. The molecule has 27 heavy (non-hydrogen) atoms. The summed E-state index contributed by atoms with van der Waals surface area (Å²) in [7, 11) is -3.29. The molecular formula is C19H25N3O3S2. The molecule has 146 valence electrons. The van der Waals surface area contributed by atoms with Crippen LogP contribution in [0, 0.1) is 5.92 Å². The SMILES string of the molecule is CS(=O)(=O)Nc1ccc(-c2csc(NC(=O)CCC3CCCCC3)n2)cc1. The van der Waals surface area contributed by atoms with Crippen molar-refractivity contribution in [1.82, 2.24) is 4.98 Å². The number of thiazole rings is 1. The highest BCUT2D eigenvalue weighted by Gasteiger charge is 2.15. The third-order valence-electron chi connectivity index (χ3n) is 4.74. The molecule has 0 spiro atoms. The van der Waals surface area contributed by atoms with Gasteiger partial charge in [-0.3, -0.25) is 9.52 Å². The highest BCUT2D eigenvalue weighted by Crippen LogP contribution is 2.28. The molecule has 1 aliphatic carbocycles. The Labute approximate surface area is 164 Å². The Morgan fingerprint density at radius 1 is 1.19 bits per heavy atom. The van der Waals surface area contributed by atoms with E-state index in [1.54, 1.807) is 24.3 Å². The summed E-state index contributed by atoms with van der Waals surface area (Å²) < 4.78 is 24.9. The molecule has 1 saturated carbocycles. The van der Waals surface area contributed by atoms with Crippen molar-refractivity contribution in [3.63, 3.8) is 0 Å².